The fraction of sp³-hybridized carbons (Fsp3) is 0.462. The molecule has 1 N–H and O–H groups in total. The number of hydrogen-bond donors (Lipinski definition) is 1. The van der Waals surface area contributed by atoms with Crippen LogP contribution in [-0.2, 0) is 0 Å². The number of amides is 1. The van der Waals surface area contributed by atoms with E-state index in [0.717, 1.165) is 23.0 Å². The van der Waals surface area contributed by atoms with Gasteiger partial charge < -0.3 is 5.32 Å². The maximum absolute atomic E-state index is 11.9. The van der Waals surface area contributed by atoms with E-state index in [2.05, 4.69) is 21.2 Å². The lowest BCUT2D eigenvalue weighted by Gasteiger charge is -2.13. The van der Waals surface area contributed by atoms with Gasteiger partial charge >= 0.3 is 0 Å². The lowest BCUT2D eigenvalue weighted by molar-refractivity contribution is 0.0946. The molecule has 1 aromatic carbocycles. The van der Waals surface area contributed by atoms with E-state index < -0.39 is 0 Å². The van der Waals surface area contributed by atoms with Gasteiger partial charge in [0, 0.05) is 17.4 Å². The molecular formula is C13H16BrNO. The highest BCUT2D eigenvalue weighted by Gasteiger charge is 2.41. The minimum Gasteiger partial charge on any atom is -0.351 e. The van der Waals surface area contributed by atoms with Gasteiger partial charge in [-0.3, -0.25) is 4.79 Å². The number of rotatable bonds is 4. The average Bonchev–Trinajstić information content (AvgIpc) is 3.07. The van der Waals surface area contributed by atoms with Gasteiger partial charge in [-0.15, -0.1) is 0 Å². The van der Waals surface area contributed by atoms with Crippen LogP contribution in [0.25, 0.3) is 0 Å². The first-order valence-electron chi connectivity index (χ1n) is 5.57. The Balaban J connectivity index is 1.96. The predicted molar refractivity (Wildman–Crippen MR) is 69.0 cm³/mol. The molecule has 0 radical (unpaired) electrons. The van der Waals surface area contributed by atoms with Gasteiger partial charge in [0.2, 0.25) is 0 Å². The van der Waals surface area contributed by atoms with Crippen molar-refractivity contribution >= 4 is 21.8 Å². The van der Waals surface area contributed by atoms with Crippen molar-refractivity contribution in [2.75, 3.05) is 11.9 Å². The summed E-state index contributed by atoms with van der Waals surface area (Å²) >= 11 is 3.50. The quantitative estimate of drug-likeness (QED) is 0.845. The first-order valence-corrected chi connectivity index (χ1v) is 6.69. The van der Waals surface area contributed by atoms with Gasteiger partial charge in [0.1, 0.15) is 0 Å². The number of nitrogens with one attached hydrogen (secondary N) is 1. The Morgan fingerprint density at radius 2 is 2.12 bits per heavy atom. The van der Waals surface area contributed by atoms with Crippen LogP contribution in [0.1, 0.15) is 28.8 Å². The van der Waals surface area contributed by atoms with Gasteiger partial charge in [0.15, 0.2) is 0 Å². The molecule has 1 aromatic rings. The van der Waals surface area contributed by atoms with Crippen molar-refractivity contribution in [2.24, 2.45) is 5.41 Å². The van der Waals surface area contributed by atoms with E-state index in [9.17, 15) is 4.79 Å². The summed E-state index contributed by atoms with van der Waals surface area (Å²) in [5.74, 6) is 0.0466. The summed E-state index contributed by atoms with van der Waals surface area (Å²) in [6.45, 7) is 2.75. The normalized spacial score (nSPS) is 16.9. The standard InChI is InChI=1S/C13H16BrNO/c1-10-4-2-3-5-11(10)12(16)15-9-13(8-14)6-7-13/h2-5H,6-9H2,1H3,(H,15,16). The summed E-state index contributed by atoms with van der Waals surface area (Å²) in [7, 11) is 0. The lowest BCUT2D eigenvalue weighted by atomic mass is 10.1. The van der Waals surface area contributed by atoms with Crippen LogP contribution in [0.5, 0.6) is 0 Å². The van der Waals surface area contributed by atoms with Crippen molar-refractivity contribution in [2.45, 2.75) is 19.8 Å². The average molecular weight is 282 g/mol. The molecule has 0 heterocycles. The lowest BCUT2D eigenvalue weighted by Crippen LogP contribution is -2.31. The largest absolute Gasteiger partial charge is 0.351 e. The number of benzene rings is 1. The van der Waals surface area contributed by atoms with E-state index in [0.29, 0.717) is 5.41 Å². The smallest absolute Gasteiger partial charge is 0.251 e. The van der Waals surface area contributed by atoms with Gasteiger partial charge in [-0.25, -0.2) is 0 Å². The molecular weight excluding hydrogens is 266 g/mol. The van der Waals surface area contributed by atoms with Crippen molar-refractivity contribution in [1.82, 2.24) is 5.32 Å². The molecule has 1 aliphatic carbocycles. The Bertz CT molecular complexity index is 399. The first-order chi connectivity index (χ1) is 7.67. The predicted octanol–water partition coefficient (Wildman–Crippen LogP) is 2.90. The zero-order valence-corrected chi connectivity index (χ0v) is 11.0. The minimum absolute atomic E-state index is 0.0466. The third-order valence-corrected chi connectivity index (χ3v) is 4.44. The molecule has 0 atom stereocenters. The minimum atomic E-state index is 0.0466. The molecule has 0 spiro atoms. The number of halogens is 1. The van der Waals surface area contributed by atoms with Gasteiger partial charge in [0.05, 0.1) is 0 Å². The van der Waals surface area contributed by atoms with Gasteiger partial charge in [-0.05, 0) is 36.8 Å². The SMILES string of the molecule is Cc1ccccc1C(=O)NCC1(CBr)CC1. The summed E-state index contributed by atoms with van der Waals surface area (Å²) in [6.07, 6.45) is 2.43. The fourth-order valence-corrected chi connectivity index (χ4v) is 2.48. The number of hydrogen-bond acceptors (Lipinski definition) is 1. The Morgan fingerprint density at radius 3 is 2.69 bits per heavy atom. The zero-order valence-electron chi connectivity index (χ0n) is 9.42. The molecule has 3 heteroatoms. The second-order valence-corrected chi connectivity index (χ2v) is 5.19. The highest BCUT2D eigenvalue weighted by Crippen LogP contribution is 2.46. The maximum Gasteiger partial charge on any atom is 0.251 e. The third kappa shape index (κ3) is 2.46. The van der Waals surface area contributed by atoms with Gasteiger partial charge in [-0.1, -0.05) is 34.1 Å². The summed E-state index contributed by atoms with van der Waals surface area (Å²) < 4.78 is 0. The highest BCUT2D eigenvalue weighted by atomic mass is 79.9. The molecule has 0 unspecified atom stereocenters. The topological polar surface area (TPSA) is 29.1 Å². The van der Waals surface area contributed by atoms with E-state index in [1.54, 1.807) is 0 Å². The van der Waals surface area contributed by atoms with Crippen molar-refractivity contribution < 1.29 is 4.79 Å². The van der Waals surface area contributed by atoms with E-state index in [1.165, 1.54) is 12.8 Å². The number of carbonyl (C=O) groups excluding carboxylic acids is 1. The van der Waals surface area contributed by atoms with Crippen molar-refractivity contribution in [3.63, 3.8) is 0 Å². The van der Waals surface area contributed by atoms with Gasteiger partial charge in [0.25, 0.3) is 5.91 Å². The molecule has 16 heavy (non-hydrogen) atoms. The summed E-state index contributed by atoms with van der Waals surface area (Å²) in [5, 5.41) is 4.00. The van der Waals surface area contributed by atoms with Gasteiger partial charge in [-0.2, -0.15) is 0 Å². The van der Waals surface area contributed by atoms with Crippen LogP contribution in [0.4, 0.5) is 0 Å². The first kappa shape index (κ1) is 11.6. The highest BCUT2D eigenvalue weighted by molar-refractivity contribution is 9.09. The second kappa shape index (κ2) is 4.58. The molecule has 2 nitrogen and oxygen atoms in total. The Labute approximate surface area is 105 Å². The monoisotopic (exact) mass is 281 g/mol. The zero-order chi connectivity index (χ0) is 11.6. The van der Waals surface area contributed by atoms with Crippen LogP contribution >= 0.6 is 15.9 Å². The van der Waals surface area contributed by atoms with Crippen LogP contribution in [0, 0.1) is 12.3 Å². The third-order valence-electron chi connectivity index (χ3n) is 3.25. The molecule has 0 aromatic heterocycles. The van der Waals surface area contributed by atoms with E-state index in [1.807, 2.05) is 31.2 Å². The summed E-state index contributed by atoms with van der Waals surface area (Å²) in [5.41, 5.74) is 2.15. The number of aryl methyl sites for hydroxylation is 1. The van der Waals surface area contributed by atoms with Crippen LogP contribution in [-0.4, -0.2) is 17.8 Å². The van der Waals surface area contributed by atoms with E-state index in [-0.39, 0.29) is 5.91 Å². The molecule has 0 saturated heterocycles. The summed E-state index contributed by atoms with van der Waals surface area (Å²) in [4.78, 5) is 11.9. The molecule has 0 aliphatic heterocycles. The van der Waals surface area contributed by atoms with Crippen LogP contribution < -0.4 is 5.32 Å². The molecule has 1 aliphatic rings. The molecule has 0 bridgehead atoms. The molecule has 1 amide bonds. The molecule has 1 saturated carbocycles. The number of alkyl halides is 1. The van der Waals surface area contributed by atoms with Crippen LogP contribution in [0.2, 0.25) is 0 Å². The van der Waals surface area contributed by atoms with E-state index in [4.69, 9.17) is 0 Å². The Hall–Kier alpha value is -0.830. The molecule has 86 valence electrons. The van der Waals surface area contributed by atoms with Crippen LogP contribution in [0.15, 0.2) is 24.3 Å². The van der Waals surface area contributed by atoms with Crippen LogP contribution in [0.3, 0.4) is 0 Å². The van der Waals surface area contributed by atoms with Crippen molar-refractivity contribution in [1.29, 1.82) is 0 Å². The number of carbonyl (C=O) groups is 1. The molecule has 1 fully saturated rings. The fourth-order valence-electron chi connectivity index (χ4n) is 1.73. The van der Waals surface area contributed by atoms with Crippen molar-refractivity contribution in [3.8, 4) is 0 Å². The molecule has 2 rings (SSSR count). The maximum atomic E-state index is 11.9. The Kier molecular flexibility index (Phi) is 3.33. The Morgan fingerprint density at radius 1 is 1.44 bits per heavy atom. The van der Waals surface area contributed by atoms with E-state index >= 15 is 0 Å². The van der Waals surface area contributed by atoms with Crippen molar-refractivity contribution in [3.05, 3.63) is 35.4 Å². The summed E-state index contributed by atoms with van der Waals surface area (Å²) in [6, 6.07) is 7.69. The second-order valence-electron chi connectivity index (χ2n) is 4.63.